The van der Waals surface area contributed by atoms with Crippen molar-refractivity contribution in [2.75, 3.05) is 0 Å². The van der Waals surface area contributed by atoms with Crippen LogP contribution < -0.4 is 16.2 Å². The van der Waals surface area contributed by atoms with Crippen molar-refractivity contribution < 1.29 is 25.5 Å². The molecule has 1 aromatic heterocycles. The summed E-state index contributed by atoms with van der Waals surface area (Å²) in [5, 5.41) is 23.3. The van der Waals surface area contributed by atoms with Crippen LogP contribution in [0.5, 0.6) is 5.75 Å². The molecule has 0 bridgehead atoms. The minimum Gasteiger partial charge on any atom is -0.548 e. The van der Waals surface area contributed by atoms with Crippen LogP contribution in [0.25, 0.3) is 10.9 Å². The van der Waals surface area contributed by atoms with Gasteiger partial charge in [0.1, 0.15) is 5.75 Å². The summed E-state index contributed by atoms with van der Waals surface area (Å²) < 4.78 is 0. The molecule has 0 aliphatic rings. The standard InChI is InChI=1S/C14H17N3O4/c1-7(14(20)21)17-13(19)11(15)4-8-6-16-12-3-2-9(18)5-10(8)12/h2-3,5-7,11,16,18H,4,15H2,1H3,(H,17,19)(H,20,21)/t7-,11+/m1/s1. The fourth-order valence-corrected chi connectivity index (χ4v) is 2.08. The van der Waals surface area contributed by atoms with Crippen molar-refractivity contribution in [3.63, 3.8) is 0 Å². The van der Waals surface area contributed by atoms with Crippen LogP contribution in [-0.4, -0.2) is 34.1 Å². The number of benzene rings is 1. The molecule has 0 unspecified atom stereocenters. The van der Waals surface area contributed by atoms with Gasteiger partial charge in [0, 0.05) is 23.5 Å². The van der Waals surface area contributed by atoms with Crippen LogP contribution in [0, 0.1) is 0 Å². The Morgan fingerprint density at radius 1 is 1.48 bits per heavy atom. The molecule has 1 aromatic carbocycles. The monoisotopic (exact) mass is 291 g/mol. The quantitative estimate of drug-likeness (QED) is 0.521. The third kappa shape index (κ3) is 3.32. The molecule has 2 rings (SSSR count). The number of aliphatic carboxylic acids is 1. The second-order valence-electron chi connectivity index (χ2n) is 4.99. The zero-order chi connectivity index (χ0) is 15.6. The summed E-state index contributed by atoms with van der Waals surface area (Å²) in [7, 11) is 0. The Bertz CT molecular complexity index is 680. The first-order valence-corrected chi connectivity index (χ1v) is 6.51. The molecule has 112 valence electrons. The maximum atomic E-state index is 11.9. The number of aromatic nitrogens is 1. The SMILES string of the molecule is C[C@@H](NC(=O)[C@@H]([NH3+])Cc1c[nH]c2ccc(O)cc12)C(=O)[O-]. The molecule has 2 atom stereocenters. The topological polar surface area (TPSA) is 133 Å². The van der Waals surface area contributed by atoms with Gasteiger partial charge in [0.2, 0.25) is 0 Å². The maximum Gasteiger partial charge on any atom is 0.279 e. The Morgan fingerprint density at radius 2 is 2.19 bits per heavy atom. The van der Waals surface area contributed by atoms with Crippen molar-refractivity contribution in [2.45, 2.75) is 25.4 Å². The maximum absolute atomic E-state index is 11.9. The zero-order valence-electron chi connectivity index (χ0n) is 11.6. The van der Waals surface area contributed by atoms with E-state index in [1.165, 1.54) is 6.92 Å². The van der Waals surface area contributed by atoms with Crippen molar-refractivity contribution in [3.05, 3.63) is 30.0 Å². The molecule has 21 heavy (non-hydrogen) atoms. The lowest BCUT2D eigenvalue weighted by Gasteiger charge is -2.16. The van der Waals surface area contributed by atoms with Crippen molar-refractivity contribution >= 4 is 22.8 Å². The number of phenols is 1. The molecule has 0 radical (unpaired) electrons. The molecule has 0 saturated heterocycles. The van der Waals surface area contributed by atoms with Crippen LogP contribution in [0.4, 0.5) is 0 Å². The number of quaternary nitrogens is 1. The van der Waals surface area contributed by atoms with Crippen LogP contribution in [0.2, 0.25) is 0 Å². The summed E-state index contributed by atoms with van der Waals surface area (Å²) >= 11 is 0. The van der Waals surface area contributed by atoms with Gasteiger partial charge in [-0.3, -0.25) is 4.79 Å². The lowest BCUT2D eigenvalue weighted by molar-refractivity contribution is -0.403. The third-order valence-electron chi connectivity index (χ3n) is 3.30. The predicted octanol–water partition coefficient (Wildman–Crippen LogP) is -1.72. The Balaban J connectivity index is 2.10. The number of carboxylic acid groups (broad SMARTS) is 1. The smallest absolute Gasteiger partial charge is 0.279 e. The number of carbonyl (C=O) groups excluding carboxylic acids is 2. The highest BCUT2D eigenvalue weighted by Crippen LogP contribution is 2.23. The first kappa shape index (κ1) is 14.9. The fourth-order valence-electron chi connectivity index (χ4n) is 2.08. The highest BCUT2D eigenvalue weighted by Gasteiger charge is 2.21. The van der Waals surface area contributed by atoms with Crippen LogP contribution in [0.3, 0.4) is 0 Å². The van der Waals surface area contributed by atoms with E-state index in [1.54, 1.807) is 24.4 Å². The summed E-state index contributed by atoms with van der Waals surface area (Å²) in [6, 6.07) is 3.21. The summed E-state index contributed by atoms with van der Waals surface area (Å²) in [6.07, 6.45) is 2.08. The Labute approximate surface area is 120 Å². The molecule has 0 aliphatic carbocycles. The number of aromatic amines is 1. The van der Waals surface area contributed by atoms with Gasteiger partial charge >= 0.3 is 0 Å². The number of amides is 1. The molecule has 1 heterocycles. The van der Waals surface area contributed by atoms with Gasteiger partial charge in [-0.15, -0.1) is 0 Å². The van der Waals surface area contributed by atoms with Gasteiger partial charge < -0.3 is 31.0 Å². The van der Waals surface area contributed by atoms with E-state index in [2.05, 4.69) is 16.0 Å². The number of aromatic hydroxyl groups is 1. The molecule has 1 amide bonds. The van der Waals surface area contributed by atoms with Crippen molar-refractivity contribution in [1.29, 1.82) is 0 Å². The lowest BCUT2D eigenvalue weighted by atomic mass is 10.0. The first-order chi connectivity index (χ1) is 9.88. The minimum absolute atomic E-state index is 0.138. The van der Waals surface area contributed by atoms with E-state index in [9.17, 15) is 19.8 Å². The molecule has 0 spiro atoms. The molecular weight excluding hydrogens is 274 g/mol. The molecule has 0 aliphatic heterocycles. The predicted molar refractivity (Wildman–Crippen MR) is 73.0 cm³/mol. The largest absolute Gasteiger partial charge is 0.548 e. The average Bonchev–Trinajstić information content (AvgIpc) is 2.81. The van der Waals surface area contributed by atoms with Crippen LogP contribution >= 0.6 is 0 Å². The normalized spacial score (nSPS) is 13.8. The van der Waals surface area contributed by atoms with Crippen LogP contribution in [-0.2, 0) is 16.0 Å². The van der Waals surface area contributed by atoms with Gasteiger partial charge in [0.15, 0.2) is 6.04 Å². The van der Waals surface area contributed by atoms with E-state index in [-0.39, 0.29) is 5.75 Å². The van der Waals surface area contributed by atoms with E-state index < -0.39 is 24.0 Å². The van der Waals surface area contributed by atoms with Crippen molar-refractivity contribution in [1.82, 2.24) is 10.3 Å². The number of phenolic OH excluding ortho intramolecular Hbond substituents is 1. The highest BCUT2D eigenvalue weighted by molar-refractivity contribution is 5.88. The van der Waals surface area contributed by atoms with Gasteiger partial charge in [-0.25, -0.2) is 0 Å². The molecule has 7 heteroatoms. The Hall–Kier alpha value is -2.54. The van der Waals surface area contributed by atoms with Gasteiger partial charge in [-0.2, -0.15) is 0 Å². The molecule has 6 N–H and O–H groups in total. The summed E-state index contributed by atoms with van der Waals surface area (Å²) in [5.41, 5.74) is 5.43. The average molecular weight is 291 g/mol. The summed E-state index contributed by atoms with van der Waals surface area (Å²) in [5.74, 6) is -1.66. The number of H-pyrrole nitrogens is 1. The molecule has 7 nitrogen and oxygen atoms in total. The second-order valence-corrected chi connectivity index (χ2v) is 4.99. The fraction of sp³-hybridized carbons (Fsp3) is 0.286. The summed E-state index contributed by atoms with van der Waals surface area (Å²) in [6.45, 7) is 1.34. The minimum atomic E-state index is -1.34. The summed E-state index contributed by atoms with van der Waals surface area (Å²) in [4.78, 5) is 25.5. The van der Waals surface area contributed by atoms with Crippen LogP contribution in [0.1, 0.15) is 12.5 Å². The van der Waals surface area contributed by atoms with Gasteiger partial charge in [0.25, 0.3) is 5.91 Å². The van der Waals surface area contributed by atoms with E-state index in [4.69, 9.17) is 0 Å². The first-order valence-electron chi connectivity index (χ1n) is 6.51. The second kappa shape index (κ2) is 5.84. The van der Waals surface area contributed by atoms with E-state index in [0.717, 1.165) is 16.5 Å². The Kier molecular flexibility index (Phi) is 4.13. The van der Waals surface area contributed by atoms with E-state index in [0.29, 0.717) is 6.42 Å². The molecular formula is C14H17N3O4. The lowest BCUT2D eigenvalue weighted by Crippen LogP contribution is -2.69. The molecule has 0 saturated carbocycles. The zero-order valence-corrected chi connectivity index (χ0v) is 11.6. The number of carbonyl (C=O) groups is 2. The third-order valence-corrected chi connectivity index (χ3v) is 3.30. The molecule has 0 fully saturated rings. The number of hydrogen-bond acceptors (Lipinski definition) is 4. The highest BCUT2D eigenvalue weighted by atomic mass is 16.4. The number of fused-ring (bicyclic) bond motifs is 1. The van der Waals surface area contributed by atoms with Gasteiger partial charge in [-0.1, -0.05) is 0 Å². The van der Waals surface area contributed by atoms with Gasteiger partial charge in [0.05, 0.1) is 12.0 Å². The van der Waals surface area contributed by atoms with E-state index in [1.807, 2.05) is 0 Å². The number of rotatable bonds is 5. The number of carboxylic acids is 1. The number of nitrogens with one attached hydrogen (secondary N) is 2. The van der Waals surface area contributed by atoms with E-state index >= 15 is 0 Å². The van der Waals surface area contributed by atoms with Crippen molar-refractivity contribution in [2.24, 2.45) is 0 Å². The van der Waals surface area contributed by atoms with Crippen LogP contribution in [0.15, 0.2) is 24.4 Å². The van der Waals surface area contributed by atoms with Gasteiger partial charge in [-0.05, 0) is 30.7 Å². The number of hydrogen-bond donors (Lipinski definition) is 4. The Morgan fingerprint density at radius 3 is 2.86 bits per heavy atom. The van der Waals surface area contributed by atoms with Crippen molar-refractivity contribution in [3.8, 4) is 5.75 Å². The molecule has 2 aromatic rings.